The Labute approximate surface area is 126 Å². The molecule has 0 amide bonds. The number of esters is 1. The molecule has 0 N–H and O–H groups in total. The summed E-state index contributed by atoms with van der Waals surface area (Å²) in [5.41, 5.74) is -1.89. The van der Waals surface area contributed by atoms with E-state index in [-0.39, 0.29) is 12.2 Å². The van der Waals surface area contributed by atoms with Gasteiger partial charge in [-0.05, 0) is 25.3 Å². The molecule has 1 aromatic rings. The average Bonchev–Trinajstić information content (AvgIpc) is 2.43. The van der Waals surface area contributed by atoms with E-state index in [4.69, 9.17) is 4.74 Å². The van der Waals surface area contributed by atoms with Crippen LogP contribution in [-0.2, 0) is 4.74 Å². The number of rotatable bonds is 6. The van der Waals surface area contributed by atoms with Crippen LogP contribution in [0.4, 0.5) is 11.4 Å². The molecule has 0 spiro atoms. The Morgan fingerprint density at radius 3 is 2.36 bits per heavy atom. The fourth-order valence-corrected chi connectivity index (χ4v) is 1.71. The molecule has 9 heteroatoms. The van der Waals surface area contributed by atoms with Crippen LogP contribution in [0, 0.1) is 20.2 Å². The van der Waals surface area contributed by atoms with Crippen LogP contribution < -0.4 is 0 Å². The van der Waals surface area contributed by atoms with Gasteiger partial charge in [0.1, 0.15) is 0 Å². The summed E-state index contributed by atoms with van der Waals surface area (Å²) in [7, 11) is 3.42. The van der Waals surface area contributed by atoms with Crippen LogP contribution in [0.15, 0.2) is 18.3 Å². The number of nitro benzene ring substituents is 2. The van der Waals surface area contributed by atoms with Crippen molar-refractivity contribution >= 4 is 23.4 Å². The monoisotopic (exact) mass is 309 g/mol. The third-order valence-corrected chi connectivity index (χ3v) is 2.60. The van der Waals surface area contributed by atoms with Crippen molar-refractivity contribution in [2.75, 3.05) is 20.7 Å². The van der Waals surface area contributed by atoms with E-state index in [1.807, 2.05) is 0 Å². The molecule has 0 aromatic heterocycles. The van der Waals surface area contributed by atoms with Gasteiger partial charge in [0.05, 0.1) is 22.0 Å². The van der Waals surface area contributed by atoms with E-state index in [0.717, 1.165) is 6.07 Å². The van der Waals surface area contributed by atoms with Crippen LogP contribution in [0.5, 0.6) is 0 Å². The van der Waals surface area contributed by atoms with Crippen molar-refractivity contribution in [2.45, 2.75) is 6.92 Å². The van der Waals surface area contributed by atoms with E-state index in [9.17, 15) is 25.0 Å². The van der Waals surface area contributed by atoms with Gasteiger partial charge in [0, 0.05) is 20.2 Å². The maximum Gasteiger partial charge on any atom is 0.352 e. The Balaban J connectivity index is 3.64. The second-order valence-corrected chi connectivity index (χ2v) is 4.41. The van der Waals surface area contributed by atoms with E-state index in [2.05, 4.69) is 0 Å². The minimum absolute atomic E-state index is 0.0507. The maximum atomic E-state index is 11.9. The molecule has 0 unspecified atom stereocenters. The Hall–Kier alpha value is -2.97. The summed E-state index contributed by atoms with van der Waals surface area (Å²) in [6.07, 6.45) is 2.92. The molecule has 118 valence electrons. The predicted molar refractivity (Wildman–Crippen MR) is 78.4 cm³/mol. The summed E-state index contributed by atoms with van der Waals surface area (Å²) >= 11 is 0. The fourth-order valence-electron chi connectivity index (χ4n) is 1.71. The van der Waals surface area contributed by atoms with Gasteiger partial charge in [-0.15, -0.1) is 0 Å². The zero-order valence-electron chi connectivity index (χ0n) is 12.3. The van der Waals surface area contributed by atoms with Crippen LogP contribution in [0.3, 0.4) is 0 Å². The Morgan fingerprint density at radius 2 is 1.91 bits per heavy atom. The minimum Gasteiger partial charge on any atom is -0.462 e. The number of nitrogens with zero attached hydrogens (tertiary/aromatic N) is 3. The maximum absolute atomic E-state index is 11.9. The first-order valence-corrected chi connectivity index (χ1v) is 6.27. The summed E-state index contributed by atoms with van der Waals surface area (Å²) in [6.45, 7) is 1.45. The summed E-state index contributed by atoms with van der Waals surface area (Å²) in [6, 6.07) is 2.27. The highest BCUT2D eigenvalue weighted by Crippen LogP contribution is 2.33. The van der Waals surface area contributed by atoms with Gasteiger partial charge in [0.15, 0.2) is 0 Å². The fraction of sp³-hybridized carbons (Fsp3) is 0.308. The van der Waals surface area contributed by atoms with Gasteiger partial charge in [-0.1, -0.05) is 0 Å². The predicted octanol–water partition coefficient (Wildman–Crippen LogP) is 2.21. The summed E-state index contributed by atoms with van der Waals surface area (Å²) in [5.74, 6) is -1.10. The van der Waals surface area contributed by atoms with Gasteiger partial charge in [0.25, 0.3) is 11.4 Å². The highest BCUT2D eigenvalue weighted by molar-refractivity contribution is 6.00. The second kappa shape index (κ2) is 7.16. The Morgan fingerprint density at radius 1 is 1.27 bits per heavy atom. The second-order valence-electron chi connectivity index (χ2n) is 4.41. The number of ether oxygens (including phenoxy) is 1. The Kier molecular flexibility index (Phi) is 5.56. The molecule has 0 aliphatic carbocycles. The van der Waals surface area contributed by atoms with Gasteiger partial charge in [-0.25, -0.2) is 4.79 Å². The lowest BCUT2D eigenvalue weighted by molar-refractivity contribution is -0.394. The molecule has 0 aliphatic heterocycles. The highest BCUT2D eigenvalue weighted by atomic mass is 16.6. The largest absolute Gasteiger partial charge is 0.462 e. The lowest BCUT2D eigenvalue weighted by Gasteiger charge is -2.07. The van der Waals surface area contributed by atoms with Crippen molar-refractivity contribution in [3.63, 3.8) is 0 Å². The van der Waals surface area contributed by atoms with E-state index in [0.29, 0.717) is 0 Å². The first kappa shape index (κ1) is 17.1. The summed E-state index contributed by atoms with van der Waals surface area (Å²) in [4.78, 5) is 34.2. The van der Waals surface area contributed by atoms with Gasteiger partial charge in [-0.2, -0.15) is 0 Å². The first-order valence-electron chi connectivity index (χ1n) is 6.27. The number of carbonyl (C=O) groups is 1. The molecule has 0 heterocycles. The van der Waals surface area contributed by atoms with Crippen molar-refractivity contribution in [1.29, 1.82) is 0 Å². The third-order valence-electron chi connectivity index (χ3n) is 2.60. The van der Waals surface area contributed by atoms with Crippen molar-refractivity contribution < 1.29 is 19.4 Å². The molecule has 0 saturated heterocycles. The van der Waals surface area contributed by atoms with Crippen LogP contribution in [0.2, 0.25) is 0 Å². The summed E-state index contributed by atoms with van der Waals surface area (Å²) < 4.78 is 4.71. The lowest BCUT2D eigenvalue weighted by Crippen LogP contribution is -2.12. The van der Waals surface area contributed by atoms with Crippen molar-refractivity contribution in [2.24, 2.45) is 0 Å². The standard InChI is InChI=1S/C13H15N3O6/c1-4-22-13(17)11-10(15(18)19)6-5-9(7-8-14(2)3)12(11)16(20)21/h5-8H,4H2,1-3H3. The number of nitro groups is 2. The molecule has 0 radical (unpaired) electrons. The molecule has 0 aliphatic rings. The van der Waals surface area contributed by atoms with Crippen molar-refractivity contribution in [3.8, 4) is 0 Å². The molecule has 0 fully saturated rings. The Bertz CT molecular complexity index is 639. The molecule has 9 nitrogen and oxygen atoms in total. The number of hydrogen-bond donors (Lipinski definition) is 0. The zero-order chi connectivity index (χ0) is 16.9. The van der Waals surface area contributed by atoms with Crippen molar-refractivity contribution in [1.82, 2.24) is 4.90 Å². The molecule has 22 heavy (non-hydrogen) atoms. The molecular formula is C13H15N3O6. The zero-order valence-corrected chi connectivity index (χ0v) is 12.3. The highest BCUT2D eigenvalue weighted by Gasteiger charge is 2.34. The molecule has 0 bridgehead atoms. The van der Waals surface area contributed by atoms with Gasteiger partial charge >= 0.3 is 5.97 Å². The van der Waals surface area contributed by atoms with E-state index in [1.165, 1.54) is 25.3 Å². The third kappa shape index (κ3) is 3.78. The topological polar surface area (TPSA) is 116 Å². The molecule has 0 atom stereocenters. The lowest BCUT2D eigenvalue weighted by atomic mass is 10.0. The summed E-state index contributed by atoms with van der Waals surface area (Å²) in [5, 5.41) is 22.3. The molecule has 1 rings (SSSR count). The number of hydrogen-bond acceptors (Lipinski definition) is 7. The molecule has 1 aromatic carbocycles. The molecular weight excluding hydrogens is 294 g/mol. The average molecular weight is 309 g/mol. The van der Waals surface area contributed by atoms with Gasteiger partial charge < -0.3 is 9.64 Å². The normalized spacial score (nSPS) is 10.5. The number of carbonyl (C=O) groups excluding carboxylic acids is 1. The minimum atomic E-state index is -1.10. The van der Waals surface area contributed by atoms with Gasteiger partial charge in [-0.3, -0.25) is 20.2 Å². The quantitative estimate of drug-likeness (QED) is 0.449. The first-order chi connectivity index (χ1) is 10.3. The van der Waals surface area contributed by atoms with Crippen LogP contribution in [0.1, 0.15) is 22.8 Å². The van der Waals surface area contributed by atoms with E-state index >= 15 is 0 Å². The van der Waals surface area contributed by atoms with E-state index in [1.54, 1.807) is 19.0 Å². The van der Waals surface area contributed by atoms with Crippen LogP contribution >= 0.6 is 0 Å². The van der Waals surface area contributed by atoms with Crippen LogP contribution in [0.25, 0.3) is 6.08 Å². The smallest absolute Gasteiger partial charge is 0.352 e. The van der Waals surface area contributed by atoms with E-state index < -0.39 is 32.8 Å². The van der Waals surface area contributed by atoms with Crippen molar-refractivity contribution in [3.05, 3.63) is 49.7 Å². The van der Waals surface area contributed by atoms with Gasteiger partial charge in [0.2, 0.25) is 5.56 Å². The SMILES string of the molecule is CCOC(=O)c1c([N+](=O)[O-])ccc(C=CN(C)C)c1[N+](=O)[O-]. The van der Waals surface area contributed by atoms with Crippen LogP contribution in [-0.4, -0.2) is 41.4 Å². The number of benzene rings is 1. The molecule has 0 saturated carbocycles.